The van der Waals surface area contributed by atoms with Crippen LogP contribution in [0.2, 0.25) is 0 Å². The van der Waals surface area contributed by atoms with Crippen molar-refractivity contribution < 1.29 is 14.6 Å². The molecule has 0 heterocycles. The van der Waals surface area contributed by atoms with Crippen molar-refractivity contribution in [3.05, 3.63) is 0 Å². The van der Waals surface area contributed by atoms with E-state index in [9.17, 15) is 4.79 Å². The van der Waals surface area contributed by atoms with Crippen molar-refractivity contribution >= 4 is 5.97 Å². The van der Waals surface area contributed by atoms with Gasteiger partial charge in [-0.15, -0.1) is 0 Å². The van der Waals surface area contributed by atoms with Crippen molar-refractivity contribution in [3.8, 4) is 0 Å². The van der Waals surface area contributed by atoms with Gasteiger partial charge in [0.25, 0.3) is 0 Å². The van der Waals surface area contributed by atoms with Gasteiger partial charge in [0.05, 0.1) is 5.41 Å². The number of ether oxygens (including phenoxy) is 1. The molecular formula is C15H28O3. The molecule has 0 spiro atoms. The first-order valence-electron chi connectivity index (χ1n) is 7.00. The fourth-order valence-corrected chi connectivity index (χ4v) is 2.21. The third kappa shape index (κ3) is 4.97. The zero-order chi connectivity index (χ0) is 14.0. The largest absolute Gasteiger partial charge is 0.460 e. The van der Waals surface area contributed by atoms with Crippen LogP contribution in [0.25, 0.3) is 0 Å². The summed E-state index contributed by atoms with van der Waals surface area (Å²) >= 11 is 0. The second-order valence-corrected chi connectivity index (χ2v) is 7.22. The second-order valence-electron chi connectivity index (χ2n) is 7.22. The van der Waals surface area contributed by atoms with Crippen LogP contribution in [0.5, 0.6) is 0 Å². The molecule has 1 aliphatic rings. The van der Waals surface area contributed by atoms with E-state index in [1.165, 1.54) is 0 Å². The van der Waals surface area contributed by atoms with Crippen LogP contribution in [0.4, 0.5) is 0 Å². The van der Waals surface area contributed by atoms with Crippen molar-refractivity contribution in [3.63, 3.8) is 0 Å². The van der Waals surface area contributed by atoms with E-state index in [1.54, 1.807) is 0 Å². The standard InChI is InChI=1S/C15H28O3/c1-14(2,3)18-13(17)15(4,5)8-6-7-11-9-12(11)10-16/h11-12,16H,6-10H2,1-5H3/t11-,12+/m0/s1. The van der Waals surface area contributed by atoms with Crippen molar-refractivity contribution in [2.24, 2.45) is 17.3 Å². The summed E-state index contributed by atoms with van der Waals surface area (Å²) in [6.07, 6.45) is 4.17. The summed E-state index contributed by atoms with van der Waals surface area (Å²) in [4.78, 5) is 12.0. The van der Waals surface area contributed by atoms with Gasteiger partial charge in [-0.2, -0.15) is 0 Å². The van der Waals surface area contributed by atoms with Crippen molar-refractivity contribution in [2.45, 2.75) is 65.9 Å². The molecule has 1 saturated carbocycles. The molecular weight excluding hydrogens is 228 g/mol. The Morgan fingerprint density at radius 2 is 1.83 bits per heavy atom. The third-order valence-corrected chi connectivity index (χ3v) is 3.63. The highest BCUT2D eigenvalue weighted by Crippen LogP contribution is 2.42. The van der Waals surface area contributed by atoms with E-state index < -0.39 is 11.0 Å². The van der Waals surface area contributed by atoms with Gasteiger partial charge in [-0.1, -0.05) is 12.8 Å². The smallest absolute Gasteiger partial charge is 0.312 e. The van der Waals surface area contributed by atoms with Gasteiger partial charge in [0.1, 0.15) is 5.60 Å². The van der Waals surface area contributed by atoms with E-state index in [4.69, 9.17) is 9.84 Å². The molecule has 1 aliphatic carbocycles. The molecule has 0 aliphatic heterocycles. The number of esters is 1. The van der Waals surface area contributed by atoms with Crippen molar-refractivity contribution in [2.75, 3.05) is 6.61 Å². The molecule has 1 N–H and O–H groups in total. The van der Waals surface area contributed by atoms with Crippen LogP contribution in [-0.2, 0) is 9.53 Å². The van der Waals surface area contributed by atoms with Crippen LogP contribution < -0.4 is 0 Å². The maximum absolute atomic E-state index is 12.0. The lowest BCUT2D eigenvalue weighted by molar-refractivity contribution is -0.166. The first-order valence-corrected chi connectivity index (χ1v) is 7.00. The Morgan fingerprint density at radius 1 is 1.22 bits per heavy atom. The molecule has 0 aromatic rings. The fourth-order valence-electron chi connectivity index (χ4n) is 2.21. The van der Waals surface area contributed by atoms with Crippen LogP contribution in [0.15, 0.2) is 0 Å². The zero-order valence-corrected chi connectivity index (χ0v) is 12.5. The van der Waals surface area contributed by atoms with Gasteiger partial charge in [-0.3, -0.25) is 4.79 Å². The predicted molar refractivity (Wildman–Crippen MR) is 72.2 cm³/mol. The average molecular weight is 256 g/mol. The fraction of sp³-hybridized carbons (Fsp3) is 0.933. The Bertz CT molecular complexity index is 289. The van der Waals surface area contributed by atoms with Crippen LogP contribution in [0.3, 0.4) is 0 Å². The molecule has 3 heteroatoms. The zero-order valence-electron chi connectivity index (χ0n) is 12.5. The Morgan fingerprint density at radius 3 is 2.28 bits per heavy atom. The minimum atomic E-state index is -0.410. The molecule has 0 radical (unpaired) electrons. The second kappa shape index (κ2) is 5.60. The molecule has 0 amide bonds. The Hall–Kier alpha value is -0.570. The summed E-state index contributed by atoms with van der Waals surface area (Å²) in [5.74, 6) is 1.10. The van der Waals surface area contributed by atoms with E-state index in [0.717, 1.165) is 25.7 Å². The molecule has 3 nitrogen and oxygen atoms in total. The normalized spacial score (nSPS) is 23.9. The average Bonchev–Trinajstić information content (AvgIpc) is 2.93. The Labute approximate surface area is 111 Å². The number of carbonyl (C=O) groups excluding carboxylic acids is 1. The summed E-state index contributed by atoms with van der Waals surface area (Å²) in [6.45, 7) is 9.93. The summed E-state index contributed by atoms with van der Waals surface area (Å²) in [5, 5.41) is 8.98. The number of aliphatic hydroxyl groups is 1. The van der Waals surface area contributed by atoms with E-state index in [1.807, 2.05) is 34.6 Å². The van der Waals surface area contributed by atoms with Crippen LogP contribution in [0, 0.1) is 17.3 Å². The number of rotatable bonds is 6. The first kappa shape index (κ1) is 15.5. The van der Waals surface area contributed by atoms with Gasteiger partial charge in [-0.05, 0) is 59.3 Å². The summed E-state index contributed by atoms with van der Waals surface area (Å²) in [5.41, 5.74) is -0.816. The molecule has 0 unspecified atom stereocenters. The summed E-state index contributed by atoms with van der Waals surface area (Å²) in [6, 6.07) is 0. The molecule has 0 bridgehead atoms. The quantitative estimate of drug-likeness (QED) is 0.743. The van der Waals surface area contributed by atoms with Gasteiger partial charge in [-0.25, -0.2) is 0 Å². The van der Waals surface area contributed by atoms with Gasteiger partial charge in [0.2, 0.25) is 0 Å². The summed E-state index contributed by atoms with van der Waals surface area (Å²) in [7, 11) is 0. The highest BCUT2D eigenvalue weighted by Gasteiger charge is 2.37. The molecule has 0 saturated heterocycles. The lowest BCUT2D eigenvalue weighted by atomic mass is 9.86. The number of carbonyl (C=O) groups is 1. The predicted octanol–water partition coefficient (Wildman–Crippen LogP) is 3.15. The van der Waals surface area contributed by atoms with E-state index in [0.29, 0.717) is 18.4 Å². The first-order chi connectivity index (χ1) is 8.15. The number of hydrogen-bond donors (Lipinski definition) is 1. The molecule has 1 fully saturated rings. The van der Waals surface area contributed by atoms with Crippen LogP contribution in [0.1, 0.15) is 60.3 Å². The molecule has 0 aromatic carbocycles. The molecule has 106 valence electrons. The minimum Gasteiger partial charge on any atom is -0.460 e. The van der Waals surface area contributed by atoms with Gasteiger partial charge >= 0.3 is 5.97 Å². The monoisotopic (exact) mass is 256 g/mol. The van der Waals surface area contributed by atoms with E-state index in [2.05, 4.69) is 0 Å². The molecule has 1 rings (SSSR count). The SMILES string of the molecule is CC(C)(C)OC(=O)C(C)(C)CCC[C@H]1C[C@@H]1CO. The maximum atomic E-state index is 12.0. The van der Waals surface area contributed by atoms with Gasteiger partial charge in [0.15, 0.2) is 0 Å². The van der Waals surface area contributed by atoms with Crippen LogP contribution >= 0.6 is 0 Å². The maximum Gasteiger partial charge on any atom is 0.312 e. The molecule has 0 aromatic heterocycles. The topological polar surface area (TPSA) is 46.5 Å². The lowest BCUT2D eigenvalue weighted by Gasteiger charge is -2.28. The lowest BCUT2D eigenvalue weighted by Crippen LogP contribution is -2.33. The van der Waals surface area contributed by atoms with Gasteiger partial charge in [0, 0.05) is 6.61 Å². The van der Waals surface area contributed by atoms with Crippen LogP contribution in [-0.4, -0.2) is 23.3 Å². The Kier molecular flexibility index (Phi) is 4.82. The van der Waals surface area contributed by atoms with E-state index >= 15 is 0 Å². The third-order valence-electron chi connectivity index (χ3n) is 3.63. The van der Waals surface area contributed by atoms with Gasteiger partial charge < -0.3 is 9.84 Å². The number of hydrogen-bond acceptors (Lipinski definition) is 3. The van der Waals surface area contributed by atoms with E-state index in [-0.39, 0.29) is 5.97 Å². The van der Waals surface area contributed by atoms with Crippen molar-refractivity contribution in [1.29, 1.82) is 0 Å². The molecule has 2 atom stereocenters. The number of aliphatic hydroxyl groups excluding tert-OH is 1. The Balaban J connectivity index is 2.28. The van der Waals surface area contributed by atoms with Crippen molar-refractivity contribution in [1.82, 2.24) is 0 Å². The highest BCUT2D eigenvalue weighted by molar-refractivity contribution is 5.76. The molecule has 18 heavy (non-hydrogen) atoms. The highest BCUT2D eigenvalue weighted by atomic mass is 16.6. The summed E-state index contributed by atoms with van der Waals surface area (Å²) < 4.78 is 5.44. The minimum absolute atomic E-state index is 0.107.